The zero-order chi connectivity index (χ0) is 10.9. The van der Waals surface area contributed by atoms with Crippen LogP contribution in [0.4, 0.5) is 0 Å². The first-order valence-electron chi connectivity index (χ1n) is 5.24. The third-order valence-corrected chi connectivity index (χ3v) is 1.78. The largest absolute Gasteiger partial charge is 0.396 e. The lowest BCUT2D eigenvalue weighted by molar-refractivity contribution is 0.133. The smallest absolute Gasteiger partial charge is 0.0774 e. The van der Waals surface area contributed by atoms with E-state index in [4.69, 9.17) is 5.11 Å². The fourth-order valence-corrected chi connectivity index (χ4v) is 1.02. The quantitative estimate of drug-likeness (QED) is 0.487. The summed E-state index contributed by atoms with van der Waals surface area (Å²) in [5.41, 5.74) is -0.721. The zero-order valence-corrected chi connectivity index (χ0v) is 9.24. The lowest BCUT2D eigenvalue weighted by Gasteiger charge is -2.08. The first-order chi connectivity index (χ1) is 6.56. The van der Waals surface area contributed by atoms with Gasteiger partial charge >= 0.3 is 0 Å². The molecule has 0 saturated heterocycles. The lowest BCUT2D eigenvalue weighted by Crippen LogP contribution is -2.13. The van der Waals surface area contributed by atoms with Crippen molar-refractivity contribution < 1.29 is 10.2 Å². The highest BCUT2D eigenvalue weighted by Gasteiger charge is 2.03. The molecule has 0 aliphatic rings. The van der Waals surface area contributed by atoms with Gasteiger partial charge in [0.1, 0.15) is 0 Å². The third kappa shape index (κ3) is 11.4. The molecule has 0 atom stereocenters. The monoisotopic (exact) mass is 198 g/mol. The molecule has 0 heterocycles. The van der Waals surface area contributed by atoms with Crippen molar-refractivity contribution >= 4 is 0 Å². The van der Waals surface area contributed by atoms with Crippen molar-refractivity contribution in [1.82, 2.24) is 0 Å². The van der Waals surface area contributed by atoms with Gasteiger partial charge in [0.25, 0.3) is 0 Å². The second-order valence-electron chi connectivity index (χ2n) is 4.01. The fraction of sp³-hybridized carbons (Fsp3) is 0.667. The molecular formula is C12H22O2. The van der Waals surface area contributed by atoms with Crippen molar-refractivity contribution in [3.05, 3.63) is 24.3 Å². The van der Waals surface area contributed by atoms with E-state index in [1.165, 1.54) is 0 Å². The number of aliphatic hydroxyl groups excluding tert-OH is 1. The summed E-state index contributed by atoms with van der Waals surface area (Å²) in [6.07, 6.45) is 11.8. The van der Waals surface area contributed by atoms with Crippen LogP contribution in [-0.2, 0) is 0 Å². The van der Waals surface area contributed by atoms with Crippen LogP contribution >= 0.6 is 0 Å². The summed E-state index contributed by atoms with van der Waals surface area (Å²) in [5, 5.41) is 17.9. The lowest BCUT2D eigenvalue weighted by atomic mass is 10.1. The predicted molar refractivity (Wildman–Crippen MR) is 60.1 cm³/mol. The molecule has 0 saturated carbocycles. The number of rotatable bonds is 7. The molecule has 0 amide bonds. The maximum Gasteiger partial charge on any atom is 0.0774 e. The Morgan fingerprint density at radius 3 is 2.36 bits per heavy atom. The Balaban J connectivity index is 3.41. The van der Waals surface area contributed by atoms with Crippen LogP contribution in [0.25, 0.3) is 0 Å². The van der Waals surface area contributed by atoms with E-state index in [2.05, 4.69) is 6.08 Å². The van der Waals surface area contributed by atoms with Crippen LogP contribution in [0.15, 0.2) is 24.3 Å². The Morgan fingerprint density at radius 2 is 1.79 bits per heavy atom. The molecule has 14 heavy (non-hydrogen) atoms. The van der Waals surface area contributed by atoms with Gasteiger partial charge in [0, 0.05) is 6.61 Å². The minimum atomic E-state index is -0.721. The first kappa shape index (κ1) is 13.4. The SMILES string of the molecule is CC(C)(O)/C=C/C=C\CCCCCO. The van der Waals surface area contributed by atoms with Crippen molar-refractivity contribution in [1.29, 1.82) is 0 Å². The normalized spacial score (nSPS) is 13.1. The second kappa shape index (κ2) is 7.77. The Hall–Kier alpha value is -0.600. The summed E-state index contributed by atoms with van der Waals surface area (Å²) in [6, 6.07) is 0. The highest BCUT2D eigenvalue weighted by molar-refractivity contribution is 5.07. The van der Waals surface area contributed by atoms with Crippen molar-refractivity contribution in [2.24, 2.45) is 0 Å². The number of unbranched alkanes of at least 4 members (excludes halogenated alkanes) is 3. The molecule has 0 aliphatic carbocycles. The molecule has 0 radical (unpaired) electrons. The summed E-state index contributed by atoms with van der Waals surface area (Å²) >= 11 is 0. The van der Waals surface area contributed by atoms with Gasteiger partial charge in [0.15, 0.2) is 0 Å². The van der Waals surface area contributed by atoms with Gasteiger partial charge in [-0.15, -0.1) is 0 Å². The maximum absolute atomic E-state index is 9.34. The van der Waals surface area contributed by atoms with E-state index >= 15 is 0 Å². The average molecular weight is 198 g/mol. The molecule has 0 bridgehead atoms. The Morgan fingerprint density at radius 1 is 1.07 bits per heavy atom. The summed E-state index contributed by atoms with van der Waals surface area (Å²) < 4.78 is 0. The van der Waals surface area contributed by atoms with Crippen molar-refractivity contribution in [3.63, 3.8) is 0 Å². The molecule has 2 N–H and O–H groups in total. The van der Waals surface area contributed by atoms with Gasteiger partial charge in [-0.1, -0.05) is 30.7 Å². The van der Waals surface area contributed by atoms with E-state index in [0.29, 0.717) is 6.61 Å². The van der Waals surface area contributed by atoms with Crippen LogP contribution < -0.4 is 0 Å². The van der Waals surface area contributed by atoms with Crippen LogP contribution in [0, 0.1) is 0 Å². The minimum Gasteiger partial charge on any atom is -0.396 e. The van der Waals surface area contributed by atoms with Gasteiger partial charge in [-0.05, 0) is 33.1 Å². The molecule has 0 unspecified atom stereocenters. The molecule has 82 valence electrons. The van der Waals surface area contributed by atoms with Gasteiger partial charge in [0.05, 0.1) is 5.60 Å². The number of hydrogen-bond acceptors (Lipinski definition) is 2. The summed E-state index contributed by atoms with van der Waals surface area (Å²) in [4.78, 5) is 0. The van der Waals surface area contributed by atoms with Crippen LogP contribution in [-0.4, -0.2) is 22.4 Å². The molecule has 0 aromatic carbocycles. The Labute approximate surface area is 87.0 Å². The van der Waals surface area contributed by atoms with Crippen molar-refractivity contribution in [3.8, 4) is 0 Å². The van der Waals surface area contributed by atoms with E-state index in [9.17, 15) is 5.11 Å². The summed E-state index contributed by atoms with van der Waals surface area (Å²) in [5.74, 6) is 0. The number of hydrogen-bond donors (Lipinski definition) is 2. The van der Waals surface area contributed by atoms with Gasteiger partial charge in [-0.3, -0.25) is 0 Å². The first-order valence-corrected chi connectivity index (χ1v) is 5.24. The van der Waals surface area contributed by atoms with Gasteiger partial charge < -0.3 is 10.2 Å². The highest BCUT2D eigenvalue weighted by atomic mass is 16.3. The van der Waals surface area contributed by atoms with E-state index < -0.39 is 5.60 Å². The van der Waals surface area contributed by atoms with Crippen molar-refractivity contribution in [2.75, 3.05) is 6.61 Å². The van der Waals surface area contributed by atoms with Gasteiger partial charge in [0.2, 0.25) is 0 Å². The molecule has 0 spiro atoms. The molecule has 0 aromatic heterocycles. The predicted octanol–water partition coefficient (Wildman–Crippen LogP) is 2.42. The summed E-state index contributed by atoms with van der Waals surface area (Å²) in [7, 11) is 0. The Bertz CT molecular complexity index is 175. The molecular weight excluding hydrogens is 176 g/mol. The van der Waals surface area contributed by atoms with Crippen LogP contribution in [0.5, 0.6) is 0 Å². The second-order valence-corrected chi connectivity index (χ2v) is 4.01. The third-order valence-electron chi connectivity index (χ3n) is 1.78. The standard InChI is InChI=1S/C12H22O2/c1-12(2,14)10-8-6-4-3-5-7-9-11-13/h4,6,8,10,13-14H,3,5,7,9,11H2,1-2H3/b6-4-,10-8+. The molecule has 0 fully saturated rings. The van der Waals surface area contributed by atoms with E-state index in [1.54, 1.807) is 19.9 Å². The molecule has 0 rings (SSSR count). The molecule has 2 heteroatoms. The highest BCUT2D eigenvalue weighted by Crippen LogP contribution is 2.03. The fourth-order valence-electron chi connectivity index (χ4n) is 1.02. The minimum absolute atomic E-state index is 0.294. The average Bonchev–Trinajstić information content (AvgIpc) is 2.08. The van der Waals surface area contributed by atoms with Crippen LogP contribution in [0.3, 0.4) is 0 Å². The Kier molecular flexibility index (Phi) is 7.44. The topological polar surface area (TPSA) is 40.5 Å². The van der Waals surface area contributed by atoms with Gasteiger partial charge in [-0.2, -0.15) is 0 Å². The van der Waals surface area contributed by atoms with Gasteiger partial charge in [-0.25, -0.2) is 0 Å². The van der Waals surface area contributed by atoms with E-state index in [-0.39, 0.29) is 0 Å². The van der Waals surface area contributed by atoms with Crippen LogP contribution in [0.2, 0.25) is 0 Å². The zero-order valence-electron chi connectivity index (χ0n) is 9.24. The van der Waals surface area contributed by atoms with Crippen molar-refractivity contribution in [2.45, 2.75) is 45.1 Å². The summed E-state index contributed by atoms with van der Waals surface area (Å²) in [6.45, 7) is 3.79. The molecule has 2 nitrogen and oxygen atoms in total. The molecule has 0 aliphatic heterocycles. The maximum atomic E-state index is 9.34. The number of allylic oxidation sites excluding steroid dienone is 3. The molecule has 0 aromatic rings. The van der Waals surface area contributed by atoms with E-state index in [1.807, 2.05) is 12.2 Å². The van der Waals surface area contributed by atoms with Crippen LogP contribution in [0.1, 0.15) is 39.5 Å². The number of aliphatic hydroxyl groups is 2. The van der Waals surface area contributed by atoms with E-state index in [0.717, 1.165) is 25.7 Å².